The normalized spacial score (nSPS) is 13.7. The molecule has 0 radical (unpaired) electrons. The van der Waals surface area contributed by atoms with E-state index < -0.39 is 9.84 Å². The summed E-state index contributed by atoms with van der Waals surface area (Å²) in [6.45, 7) is 2.22. The van der Waals surface area contributed by atoms with Crippen LogP contribution in [-0.4, -0.2) is 26.5 Å². The number of unbranched alkanes of at least 4 members (excludes halogenated alkanes) is 6. The van der Waals surface area contributed by atoms with Gasteiger partial charge in [0.05, 0.1) is 5.75 Å². The second kappa shape index (κ2) is 10.8. The first kappa shape index (κ1) is 17.9. The molecule has 0 amide bonds. The molecular weight excluding hydrogens is 248 g/mol. The van der Waals surface area contributed by atoms with Gasteiger partial charge in [-0.2, -0.15) is 0 Å². The Labute approximate surface area is 113 Å². The van der Waals surface area contributed by atoms with E-state index in [1.165, 1.54) is 44.8 Å². The van der Waals surface area contributed by atoms with E-state index in [2.05, 4.69) is 12.3 Å². The molecule has 0 fully saturated rings. The predicted octanol–water partition coefficient (Wildman–Crippen LogP) is 2.39. The van der Waals surface area contributed by atoms with Crippen molar-refractivity contribution in [1.82, 2.24) is 5.43 Å². The third kappa shape index (κ3) is 12.3. The van der Waals surface area contributed by atoms with E-state index in [9.17, 15) is 8.42 Å². The molecule has 0 aromatic rings. The van der Waals surface area contributed by atoms with Gasteiger partial charge in [-0.25, -0.2) is 8.42 Å². The van der Waals surface area contributed by atoms with Crippen molar-refractivity contribution < 1.29 is 8.42 Å². The topological polar surface area (TPSA) is 72.2 Å². The number of nitrogens with one attached hydrogen (secondary N) is 1. The summed E-state index contributed by atoms with van der Waals surface area (Å²) in [6, 6.07) is 0.135. The Morgan fingerprint density at radius 2 is 1.56 bits per heavy atom. The van der Waals surface area contributed by atoms with Crippen LogP contribution in [0.5, 0.6) is 0 Å². The summed E-state index contributed by atoms with van der Waals surface area (Å²) in [6.07, 6.45) is 11.8. The van der Waals surface area contributed by atoms with Crippen molar-refractivity contribution in [3.8, 4) is 0 Å². The lowest BCUT2D eigenvalue weighted by atomic mass is 10.0. The quantitative estimate of drug-likeness (QED) is 0.327. The first-order chi connectivity index (χ1) is 8.49. The van der Waals surface area contributed by atoms with Gasteiger partial charge in [0.15, 0.2) is 0 Å². The summed E-state index contributed by atoms with van der Waals surface area (Å²) in [4.78, 5) is 0. The molecule has 0 saturated heterocycles. The average Bonchev–Trinajstić information content (AvgIpc) is 2.30. The van der Waals surface area contributed by atoms with Crippen LogP contribution in [0.25, 0.3) is 0 Å². The maximum absolute atomic E-state index is 11.1. The predicted molar refractivity (Wildman–Crippen MR) is 78.0 cm³/mol. The Balaban J connectivity index is 3.50. The van der Waals surface area contributed by atoms with Crippen molar-refractivity contribution in [2.45, 2.75) is 70.8 Å². The van der Waals surface area contributed by atoms with Gasteiger partial charge in [0.2, 0.25) is 0 Å². The second-order valence-corrected chi connectivity index (χ2v) is 7.45. The lowest BCUT2D eigenvalue weighted by Crippen LogP contribution is -2.36. The number of nitrogens with two attached hydrogens (primary N) is 1. The molecule has 110 valence electrons. The van der Waals surface area contributed by atoms with Gasteiger partial charge >= 0.3 is 0 Å². The molecule has 1 atom stereocenters. The third-order valence-corrected chi connectivity index (χ3v) is 4.21. The van der Waals surface area contributed by atoms with Crippen LogP contribution in [0.1, 0.15) is 64.7 Å². The van der Waals surface area contributed by atoms with E-state index in [1.807, 2.05) is 0 Å². The van der Waals surface area contributed by atoms with Gasteiger partial charge in [-0.15, -0.1) is 0 Å². The van der Waals surface area contributed by atoms with Crippen LogP contribution < -0.4 is 11.3 Å². The summed E-state index contributed by atoms with van der Waals surface area (Å²) in [7, 11) is -2.87. The van der Waals surface area contributed by atoms with E-state index in [1.54, 1.807) is 0 Å². The zero-order chi connectivity index (χ0) is 13.9. The Morgan fingerprint density at radius 3 is 2.06 bits per heavy atom. The second-order valence-electron chi connectivity index (χ2n) is 5.19. The van der Waals surface area contributed by atoms with E-state index in [-0.39, 0.29) is 11.8 Å². The monoisotopic (exact) mass is 278 g/mol. The minimum absolute atomic E-state index is 0.135. The Morgan fingerprint density at radius 1 is 1.00 bits per heavy atom. The molecule has 3 N–H and O–H groups in total. The van der Waals surface area contributed by atoms with Gasteiger partial charge in [-0.1, -0.05) is 51.9 Å². The number of sulfone groups is 1. The molecule has 4 nitrogen and oxygen atoms in total. The molecule has 5 heteroatoms. The molecule has 18 heavy (non-hydrogen) atoms. The Hall–Kier alpha value is -0.130. The Bertz CT molecular complexity index is 279. The third-order valence-electron chi connectivity index (χ3n) is 3.23. The van der Waals surface area contributed by atoms with Gasteiger partial charge < -0.3 is 0 Å². The van der Waals surface area contributed by atoms with Crippen LogP contribution in [0, 0.1) is 0 Å². The molecule has 1 unspecified atom stereocenters. The summed E-state index contributed by atoms with van der Waals surface area (Å²) in [5, 5.41) is 0. The van der Waals surface area contributed by atoms with E-state index >= 15 is 0 Å². The fourth-order valence-corrected chi connectivity index (χ4v) is 2.73. The number of hydrazine groups is 1. The fourth-order valence-electron chi connectivity index (χ4n) is 2.02. The van der Waals surface area contributed by atoms with Crippen LogP contribution in [0.3, 0.4) is 0 Å². The first-order valence-corrected chi connectivity index (χ1v) is 9.19. The van der Waals surface area contributed by atoms with Crippen LogP contribution in [0.4, 0.5) is 0 Å². The number of hydrogen-bond donors (Lipinski definition) is 2. The minimum atomic E-state index is -2.87. The highest BCUT2D eigenvalue weighted by molar-refractivity contribution is 7.90. The lowest BCUT2D eigenvalue weighted by Gasteiger charge is -2.14. The Kier molecular flexibility index (Phi) is 10.7. The highest BCUT2D eigenvalue weighted by Gasteiger charge is 2.10. The molecule has 0 aliphatic carbocycles. The number of rotatable bonds is 12. The maximum atomic E-state index is 11.1. The van der Waals surface area contributed by atoms with Crippen molar-refractivity contribution in [2.24, 2.45) is 5.84 Å². The van der Waals surface area contributed by atoms with Crippen LogP contribution >= 0.6 is 0 Å². The fraction of sp³-hybridized carbons (Fsp3) is 1.00. The van der Waals surface area contributed by atoms with Crippen molar-refractivity contribution >= 4 is 9.84 Å². The molecular formula is C13H30N2O2S. The smallest absolute Gasteiger partial charge is 0.147 e. The van der Waals surface area contributed by atoms with E-state index in [0.29, 0.717) is 6.42 Å². The summed E-state index contributed by atoms with van der Waals surface area (Å²) >= 11 is 0. The van der Waals surface area contributed by atoms with Gasteiger partial charge in [-0.05, 0) is 12.8 Å². The van der Waals surface area contributed by atoms with Crippen LogP contribution in [-0.2, 0) is 9.84 Å². The van der Waals surface area contributed by atoms with Gasteiger partial charge in [-0.3, -0.25) is 11.3 Å². The molecule has 0 aliphatic rings. The van der Waals surface area contributed by atoms with E-state index in [4.69, 9.17) is 5.84 Å². The molecule has 0 rings (SSSR count). The average molecular weight is 278 g/mol. The van der Waals surface area contributed by atoms with E-state index in [0.717, 1.165) is 12.8 Å². The molecule has 0 spiro atoms. The molecule has 0 saturated carbocycles. The highest BCUT2D eigenvalue weighted by atomic mass is 32.2. The van der Waals surface area contributed by atoms with Gasteiger partial charge in [0.1, 0.15) is 9.84 Å². The summed E-state index contributed by atoms with van der Waals surface area (Å²) in [5.74, 6) is 5.66. The largest absolute Gasteiger partial charge is 0.271 e. The maximum Gasteiger partial charge on any atom is 0.147 e. The lowest BCUT2D eigenvalue weighted by molar-refractivity contribution is 0.450. The van der Waals surface area contributed by atoms with Crippen molar-refractivity contribution in [3.05, 3.63) is 0 Å². The summed E-state index contributed by atoms with van der Waals surface area (Å²) in [5.41, 5.74) is 2.72. The van der Waals surface area contributed by atoms with Gasteiger partial charge in [0, 0.05) is 12.3 Å². The molecule has 0 bridgehead atoms. The highest BCUT2D eigenvalue weighted by Crippen LogP contribution is 2.11. The minimum Gasteiger partial charge on any atom is -0.271 e. The SMILES string of the molecule is CCCCCCCCCC(CCS(C)(=O)=O)NN. The zero-order valence-electron chi connectivity index (χ0n) is 12.0. The zero-order valence-corrected chi connectivity index (χ0v) is 12.8. The summed E-state index contributed by atoms with van der Waals surface area (Å²) < 4.78 is 22.1. The molecule has 0 heterocycles. The van der Waals surface area contributed by atoms with Crippen LogP contribution in [0.2, 0.25) is 0 Å². The molecule has 0 aromatic carbocycles. The standard InChI is InChI=1S/C13H30N2O2S/c1-3-4-5-6-7-8-9-10-13(15-14)11-12-18(2,16)17/h13,15H,3-12,14H2,1-2H3. The molecule has 0 aromatic heterocycles. The van der Waals surface area contributed by atoms with Gasteiger partial charge in [0.25, 0.3) is 0 Å². The first-order valence-electron chi connectivity index (χ1n) is 7.13. The number of hydrogen-bond acceptors (Lipinski definition) is 4. The van der Waals surface area contributed by atoms with Crippen LogP contribution in [0.15, 0.2) is 0 Å². The van der Waals surface area contributed by atoms with Crippen molar-refractivity contribution in [1.29, 1.82) is 0 Å². The van der Waals surface area contributed by atoms with Crippen molar-refractivity contribution in [2.75, 3.05) is 12.0 Å². The van der Waals surface area contributed by atoms with Crippen molar-refractivity contribution in [3.63, 3.8) is 0 Å². The molecule has 0 aliphatic heterocycles.